The van der Waals surface area contributed by atoms with Gasteiger partial charge in [-0.1, -0.05) is 0 Å². The summed E-state index contributed by atoms with van der Waals surface area (Å²) in [6.45, 7) is 2.83. The third-order valence-corrected chi connectivity index (χ3v) is 4.77. The van der Waals surface area contributed by atoms with Gasteiger partial charge in [0.05, 0.1) is 8.49 Å². The number of likely N-dealkylation sites (tertiary alicyclic amines) is 1. The minimum atomic E-state index is -0.473. The Morgan fingerprint density at radius 3 is 2.76 bits per heavy atom. The summed E-state index contributed by atoms with van der Waals surface area (Å²) >= 11 is 1.76. The van der Waals surface area contributed by atoms with E-state index in [1.54, 1.807) is 22.6 Å². The van der Waals surface area contributed by atoms with Crippen molar-refractivity contribution in [1.82, 2.24) is 4.90 Å². The van der Waals surface area contributed by atoms with Crippen molar-refractivity contribution in [1.29, 1.82) is 0 Å². The van der Waals surface area contributed by atoms with Crippen LogP contribution in [0.5, 0.6) is 0 Å². The molecule has 116 valence electrons. The van der Waals surface area contributed by atoms with Crippen molar-refractivity contribution in [2.75, 3.05) is 32.0 Å². The number of nitrogens with one attached hydrogen (secondary N) is 1. The first-order chi connectivity index (χ1) is 9.97. The number of nitrogens with zero attached hydrogens (tertiary/aromatic N) is 2. The van der Waals surface area contributed by atoms with Crippen LogP contribution < -0.4 is 5.32 Å². The molecular weight excluding hydrogens is 388 g/mol. The maximum Gasteiger partial charge on any atom is 0.293 e. The lowest BCUT2D eigenvalue weighted by Crippen LogP contribution is -2.30. The van der Waals surface area contributed by atoms with Crippen LogP contribution in [0.2, 0.25) is 0 Å². The molecule has 21 heavy (non-hydrogen) atoms. The summed E-state index contributed by atoms with van der Waals surface area (Å²) in [6, 6.07) is 2.49. The Morgan fingerprint density at radius 1 is 1.48 bits per heavy atom. The average molecular weight is 407 g/mol. The Bertz CT molecular complexity index is 519. The van der Waals surface area contributed by atoms with E-state index in [0.29, 0.717) is 12.5 Å². The Balaban J connectivity index is 1.93. The summed E-state index contributed by atoms with van der Waals surface area (Å²) in [7, 11) is 2.12. The molecule has 0 bridgehead atoms. The van der Waals surface area contributed by atoms with E-state index in [1.165, 1.54) is 12.1 Å². The summed E-state index contributed by atoms with van der Waals surface area (Å²) in [4.78, 5) is 12.9. The summed E-state index contributed by atoms with van der Waals surface area (Å²) < 4.78 is 13.8. The molecule has 0 radical (unpaired) electrons. The van der Waals surface area contributed by atoms with E-state index in [0.717, 1.165) is 32.4 Å². The molecule has 7 heteroatoms. The lowest BCUT2D eigenvalue weighted by atomic mass is 9.94. The van der Waals surface area contributed by atoms with Crippen molar-refractivity contribution in [3.63, 3.8) is 0 Å². The van der Waals surface area contributed by atoms with E-state index in [9.17, 15) is 14.5 Å². The molecule has 2 rings (SSSR count). The summed E-state index contributed by atoms with van der Waals surface area (Å²) in [5.74, 6) is 0.212. The van der Waals surface area contributed by atoms with Crippen molar-refractivity contribution < 1.29 is 9.31 Å². The quantitative estimate of drug-likeness (QED) is 0.461. The van der Waals surface area contributed by atoms with Gasteiger partial charge in [-0.05, 0) is 67.9 Å². The predicted molar refractivity (Wildman–Crippen MR) is 89.1 cm³/mol. The topological polar surface area (TPSA) is 58.4 Å². The number of nitro benzene ring substituents is 1. The largest absolute Gasteiger partial charge is 0.379 e. The van der Waals surface area contributed by atoms with Crippen LogP contribution >= 0.6 is 22.6 Å². The second-order valence-corrected chi connectivity index (χ2v) is 6.66. The number of benzene rings is 1. The van der Waals surface area contributed by atoms with Crippen LogP contribution in [0.15, 0.2) is 12.1 Å². The van der Waals surface area contributed by atoms with Crippen molar-refractivity contribution in [3.05, 3.63) is 31.6 Å². The molecule has 0 aliphatic carbocycles. The highest BCUT2D eigenvalue weighted by Gasteiger charge is 2.19. The molecule has 0 aromatic heterocycles. The number of halogens is 2. The Morgan fingerprint density at radius 2 is 2.14 bits per heavy atom. The van der Waals surface area contributed by atoms with Gasteiger partial charge >= 0.3 is 0 Å². The van der Waals surface area contributed by atoms with Crippen molar-refractivity contribution >= 4 is 34.0 Å². The van der Waals surface area contributed by atoms with E-state index in [2.05, 4.69) is 17.3 Å². The molecule has 1 aliphatic rings. The van der Waals surface area contributed by atoms with E-state index in [-0.39, 0.29) is 14.9 Å². The second kappa shape index (κ2) is 7.35. The van der Waals surface area contributed by atoms with Gasteiger partial charge in [-0.2, -0.15) is 0 Å². The average Bonchev–Trinajstić information content (AvgIpc) is 2.44. The molecule has 1 saturated heterocycles. The summed E-state index contributed by atoms with van der Waals surface area (Å²) in [5, 5.41) is 14.0. The highest BCUT2D eigenvalue weighted by atomic mass is 127. The van der Waals surface area contributed by atoms with Gasteiger partial charge in [-0.25, -0.2) is 4.39 Å². The van der Waals surface area contributed by atoms with Crippen molar-refractivity contribution in [2.24, 2.45) is 5.92 Å². The molecule has 1 heterocycles. The van der Waals surface area contributed by atoms with Crippen LogP contribution in [-0.2, 0) is 0 Å². The lowest BCUT2D eigenvalue weighted by molar-refractivity contribution is -0.384. The van der Waals surface area contributed by atoms with Crippen LogP contribution in [0, 0.1) is 25.4 Å². The maximum atomic E-state index is 13.6. The maximum absolute atomic E-state index is 13.6. The van der Waals surface area contributed by atoms with E-state index in [1.807, 2.05) is 0 Å². The minimum Gasteiger partial charge on any atom is -0.379 e. The molecule has 0 atom stereocenters. The van der Waals surface area contributed by atoms with E-state index < -0.39 is 10.7 Å². The van der Waals surface area contributed by atoms with Gasteiger partial charge in [0.1, 0.15) is 11.5 Å². The Hall–Kier alpha value is -0.960. The molecule has 1 N–H and O–H groups in total. The molecule has 0 unspecified atom stereocenters. The zero-order chi connectivity index (χ0) is 15.4. The first-order valence-electron chi connectivity index (χ1n) is 7.03. The highest BCUT2D eigenvalue weighted by molar-refractivity contribution is 14.1. The van der Waals surface area contributed by atoms with Crippen LogP contribution in [0.3, 0.4) is 0 Å². The number of piperidine rings is 1. The zero-order valence-electron chi connectivity index (χ0n) is 11.9. The summed E-state index contributed by atoms with van der Waals surface area (Å²) in [6.07, 6.45) is 3.27. The smallest absolute Gasteiger partial charge is 0.293 e. The Labute approximate surface area is 137 Å². The van der Waals surface area contributed by atoms with Gasteiger partial charge in [0, 0.05) is 18.7 Å². The van der Waals surface area contributed by atoms with Gasteiger partial charge in [-0.3, -0.25) is 10.1 Å². The number of anilines is 1. The molecule has 1 aromatic carbocycles. The van der Waals surface area contributed by atoms with Gasteiger partial charge in [0.25, 0.3) is 5.69 Å². The molecule has 0 amide bonds. The van der Waals surface area contributed by atoms with E-state index in [4.69, 9.17) is 0 Å². The molecule has 0 spiro atoms. The number of hydrogen-bond donors (Lipinski definition) is 1. The van der Waals surface area contributed by atoms with Gasteiger partial charge in [0.15, 0.2) is 0 Å². The fourth-order valence-corrected chi connectivity index (χ4v) is 3.04. The molecule has 5 nitrogen and oxygen atoms in total. The van der Waals surface area contributed by atoms with Crippen LogP contribution in [0.4, 0.5) is 15.8 Å². The van der Waals surface area contributed by atoms with Crippen LogP contribution in [0.1, 0.15) is 19.3 Å². The lowest BCUT2D eigenvalue weighted by Gasteiger charge is -2.28. The standard InChI is InChI=1S/C14H19FIN3O2/c1-18-6-3-10(4-7-18)2-5-17-13-8-11(15)12(16)9-14(13)19(20)21/h8-10,17H,2-7H2,1H3. The molecule has 1 fully saturated rings. The van der Waals surface area contributed by atoms with Gasteiger partial charge in [-0.15, -0.1) is 0 Å². The number of rotatable bonds is 5. The summed E-state index contributed by atoms with van der Waals surface area (Å²) in [5.41, 5.74) is 0.204. The minimum absolute atomic E-state index is 0.0656. The van der Waals surface area contributed by atoms with Crippen LogP contribution in [-0.4, -0.2) is 36.5 Å². The van der Waals surface area contributed by atoms with Gasteiger partial charge in [0.2, 0.25) is 0 Å². The first-order valence-corrected chi connectivity index (χ1v) is 8.11. The monoisotopic (exact) mass is 407 g/mol. The molecule has 1 aromatic rings. The van der Waals surface area contributed by atoms with E-state index >= 15 is 0 Å². The van der Waals surface area contributed by atoms with Crippen LogP contribution in [0.25, 0.3) is 0 Å². The first kappa shape index (κ1) is 16.4. The molecule has 1 aliphatic heterocycles. The fraction of sp³-hybridized carbons (Fsp3) is 0.571. The third-order valence-electron chi connectivity index (χ3n) is 3.94. The molecule has 0 saturated carbocycles. The normalized spacial score (nSPS) is 16.9. The van der Waals surface area contributed by atoms with Gasteiger partial charge < -0.3 is 10.2 Å². The van der Waals surface area contributed by atoms with Crippen molar-refractivity contribution in [3.8, 4) is 0 Å². The second-order valence-electron chi connectivity index (χ2n) is 5.50. The SMILES string of the molecule is CN1CCC(CCNc2cc(F)c(I)cc2[N+](=O)[O-])CC1. The Kier molecular flexibility index (Phi) is 5.74. The zero-order valence-corrected chi connectivity index (χ0v) is 14.1. The predicted octanol–water partition coefficient (Wildman–Crippen LogP) is 3.48. The highest BCUT2D eigenvalue weighted by Crippen LogP contribution is 2.29. The number of hydrogen-bond acceptors (Lipinski definition) is 4. The van der Waals surface area contributed by atoms with Crippen molar-refractivity contribution in [2.45, 2.75) is 19.3 Å². The molecular formula is C14H19FIN3O2. The third kappa shape index (κ3) is 4.50. The fourth-order valence-electron chi connectivity index (χ4n) is 2.59. The number of nitro groups is 1.